The van der Waals surface area contributed by atoms with E-state index in [1.54, 1.807) is 12.1 Å². The maximum atomic E-state index is 13.1. The Morgan fingerprint density at radius 1 is 1.26 bits per heavy atom. The van der Waals surface area contributed by atoms with Gasteiger partial charge in [0.25, 0.3) is 5.91 Å². The minimum atomic E-state index is -0.409. The third-order valence-electron chi connectivity index (χ3n) is 3.07. The fourth-order valence-electron chi connectivity index (χ4n) is 1.95. The second-order valence-corrected chi connectivity index (χ2v) is 5.34. The van der Waals surface area contributed by atoms with Gasteiger partial charge in [0, 0.05) is 18.3 Å². The van der Waals surface area contributed by atoms with Gasteiger partial charge in [-0.05, 0) is 45.3 Å². The van der Waals surface area contributed by atoms with E-state index in [0.717, 1.165) is 19.5 Å². The van der Waals surface area contributed by atoms with E-state index in [0.29, 0.717) is 11.5 Å². The highest BCUT2D eigenvalue weighted by Crippen LogP contribution is 2.11. The van der Waals surface area contributed by atoms with E-state index >= 15 is 0 Å². The number of aromatic nitrogens is 2. The molecule has 0 saturated carbocycles. The number of carbonyl (C=O) groups is 1. The van der Waals surface area contributed by atoms with Crippen LogP contribution in [0.2, 0.25) is 0 Å². The summed E-state index contributed by atoms with van der Waals surface area (Å²) in [5.41, 5.74) is 0.605. The number of halogens is 1. The molecule has 1 heterocycles. The van der Waals surface area contributed by atoms with Crippen LogP contribution in [0, 0.1) is 5.82 Å². The molecule has 0 fully saturated rings. The van der Waals surface area contributed by atoms with E-state index in [2.05, 4.69) is 25.5 Å². The van der Waals surface area contributed by atoms with Crippen molar-refractivity contribution in [1.82, 2.24) is 14.9 Å². The first-order valence-corrected chi connectivity index (χ1v) is 7.32. The van der Waals surface area contributed by atoms with Gasteiger partial charge in [0.2, 0.25) is 0 Å². The summed E-state index contributed by atoms with van der Waals surface area (Å²) in [4.78, 5) is 22.3. The summed E-state index contributed by atoms with van der Waals surface area (Å²) >= 11 is 0. The van der Waals surface area contributed by atoms with Gasteiger partial charge in [-0.2, -0.15) is 0 Å². The van der Waals surface area contributed by atoms with Crippen molar-refractivity contribution in [3.05, 3.63) is 48.2 Å². The lowest BCUT2D eigenvalue weighted by atomic mass is 10.3. The number of hydrogen-bond acceptors (Lipinski definition) is 5. The fourth-order valence-corrected chi connectivity index (χ4v) is 1.95. The number of hydrogen-bond donors (Lipinski definition) is 2. The Morgan fingerprint density at radius 3 is 2.83 bits per heavy atom. The summed E-state index contributed by atoms with van der Waals surface area (Å²) < 4.78 is 13.1. The molecule has 1 amide bonds. The lowest BCUT2D eigenvalue weighted by molar-refractivity contribution is 0.102. The lowest BCUT2D eigenvalue weighted by Gasteiger charge is -2.10. The van der Waals surface area contributed by atoms with Crippen molar-refractivity contribution in [2.24, 2.45) is 0 Å². The van der Waals surface area contributed by atoms with Gasteiger partial charge in [-0.1, -0.05) is 6.07 Å². The fraction of sp³-hybridized carbons (Fsp3) is 0.312. The zero-order chi connectivity index (χ0) is 16.7. The summed E-state index contributed by atoms with van der Waals surface area (Å²) in [6.45, 7) is 1.71. The van der Waals surface area contributed by atoms with Crippen LogP contribution in [0.25, 0.3) is 0 Å². The lowest BCUT2D eigenvalue weighted by Crippen LogP contribution is -2.17. The van der Waals surface area contributed by atoms with E-state index < -0.39 is 11.7 Å². The molecule has 2 N–H and O–H groups in total. The SMILES string of the molecule is CN(C)CCCNc1cc(C(=O)Nc2cccc(F)c2)ncn1. The molecule has 7 heteroatoms. The van der Waals surface area contributed by atoms with Crippen LogP contribution in [0.1, 0.15) is 16.9 Å². The number of benzene rings is 1. The molecule has 1 aromatic carbocycles. The smallest absolute Gasteiger partial charge is 0.274 e. The van der Waals surface area contributed by atoms with Gasteiger partial charge < -0.3 is 15.5 Å². The number of nitrogens with zero attached hydrogens (tertiary/aromatic N) is 3. The maximum absolute atomic E-state index is 13.1. The first-order valence-electron chi connectivity index (χ1n) is 7.32. The van der Waals surface area contributed by atoms with Crippen molar-refractivity contribution < 1.29 is 9.18 Å². The predicted octanol–water partition coefficient (Wildman–Crippen LogP) is 2.23. The average molecular weight is 317 g/mol. The Kier molecular flexibility index (Phi) is 5.99. The summed E-state index contributed by atoms with van der Waals surface area (Å²) in [5.74, 6) is -0.230. The van der Waals surface area contributed by atoms with Gasteiger partial charge in [-0.25, -0.2) is 14.4 Å². The van der Waals surface area contributed by atoms with Gasteiger partial charge in [-0.3, -0.25) is 4.79 Å². The van der Waals surface area contributed by atoms with Crippen molar-refractivity contribution in [2.45, 2.75) is 6.42 Å². The normalized spacial score (nSPS) is 10.6. The highest BCUT2D eigenvalue weighted by molar-refractivity contribution is 6.03. The largest absolute Gasteiger partial charge is 0.370 e. The van der Waals surface area contributed by atoms with Crippen LogP contribution < -0.4 is 10.6 Å². The molecule has 0 radical (unpaired) electrons. The van der Waals surface area contributed by atoms with Crippen LogP contribution >= 0.6 is 0 Å². The molecule has 0 atom stereocenters. The molecule has 0 aliphatic carbocycles. The Labute approximate surface area is 134 Å². The molecule has 0 unspecified atom stereocenters. The highest BCUT2D eigenvalue weighted by Gasteiger charge is 2.09. The first kappa shape index (κ1) is 16.8. The standard InChI is InChI=1S/C16H20FN5O/c1-22(2)8-4-7-18-15-10-14(19-11-20-15)16(23)21-13-6-3-5-12(17)9-13/h3,5-6,9-11H,4,7-8H2,1-2H3,(H,21,23)(H,18,19,20). The first-order chi connectivity index (χ1) is 11.0. The summed E-state index contributed by atoms with van der Waals surface area (Å²) in [6.07, 6.45) is 2.29. The van der Waals surface area contributed by atoms with Gasteiger partial charge in [0.1, 0.15) is 23.7 Å². The van der Waals surface area contributed by atoms with E-state index in [1.807, 2.05) is 14.1 Å². The minimum Gasteiger partial charge on any atom is -0.370 e. The summed E-state index contributed by atoms with van der Waals surface area (Å²) in [5, 5.41) is 5.76. The van der Waals surface area contributed by atoms with Crippen molar-refractivity contribution >= 4 is 17.4 Å². The molecule has 6 nitrogen and oxygen atoms in total. The van der Waals surface area contributed by atoms with Crippen LogP contribution in [0.3, 0.4) is 0 Å². The highest BCUT2D eigenvalue weighted by atomic mass is 19.1. The number of amides is 1. The average Bonchev–Trinajstić information content (AvgIpc) is 2.52. The van der Waals surface area contributed by atoms with Gasteiger partial charge >= 0.3 is 0 Å². The van der Waals surface area contributed by atoms with Gasteiger partial charge in [-0.15, -0.1) is 0 Å². The molecule has 23 heavy (non-hydrogen) atoms. The number of nitrogens with one attached hydrogen (secondary N) is 2. The molecule has 2 aromatic rings. The third kappa shape index (κ3) is 5.63. The van der Waals surface area contributed by atoms with Crippen LogP contribution in [0.4, 0.5) is 15.9 Å². The van der Waals surface area contributed by atoms with Crippen LogP contribution in [-0.2, 0) is 0 Å². The molecule has 0 bridgehead atoms. The second kappa shape index (κ2) is 8.19. The van der Waals surface area contributed by atoms with E-state index in [9.17, 15) is 9.18 Å². The summed E-state index contributed by atoms with van der Waals surface area (Å²) in [6, 6.07) is 7.28. The zero-order valence-corrected chi connectivity index (χ0v) is 13.2. The van der Waals surface area contributed by atoms with Crippen LogP contribution in [0.15, 0.2) is 36.7 Å². The van der Waals surface area contributed by atoms with Crippen LogP contribution in [-0.4, -0.2) is 48.0 Å². The second-order valence-electron chi connectivity index (χ2n) is 5.34. The van der Waals surface area contributed by atoms with Crippen molar-refractivity contribution in [3.8, 4) is 0 Å². The van der Waals surface area contributed by atoms with Crippen molar-refractivity contribution in [1.29, 1.82) is 0 Å². The Balaban J connectivity index is 1.94. The van der Waals surface area contributed by atoms with E-state index in [1.165, 1.54) is 24.5 Å². The molecule has 0 aliphatic rings. The van der Waals surface area contributed by atoms with E-state index in [-0.39, 0.29) is 5.69 Å². The molecule has 0 saturated heterocycles. The molecule has 0 spiro atoms. The maximum Gasteiger partial charge on any atom is 0.274 e. The Morgan fingerprint density at radius 2 is 2.09 bits per heavy atom. The molecule has 0 aliphatic heterocycles. The molecule has 122 valence electrons. The summed E-state index contributed by atoms with van der Waals surface area (Å²) in [7, 11) is 4.03. The van der Waals surface area contributed by atoms with E-state index in [4.69, 9.17) is 0 Å². The molecule has 2 rings (SSSR count). The number of anilines is 2. The Bertz CT molecular complexity index is 662. The number of carbonyl (C=O) groups excluding carboxylic acids is 1. The Hall–Kier alpha value is -2.54. The zero-order valence-electron chi connectivity index (χ0n) is 13.2. The predicted molar refractivity (Wildman–Crippen MR) is 88.0 cm³/mol. The van der Waals surface area contributed by atoms with Crippen LogP contribution in [0.5, 0.6) is 0 Å². The third-order valence-corrected chi connectivity index (χ3v) is 3.07. The molecule has 1 aromatic heterocycles. The van der Waals surface area contributed by atoms with Gasteiger partial charge in [0.05, 0.1) is 0 Å². The topological polar surface area (TPSA) is 70.2 Å². The van der Waals surface area contributed by atoms with Gasteiger partial charge in [0.15, 0.2) is 0 Å². The van der Waals surface area contributed by atoms with Crippen molar-refractivity contribution in [3.63, 3.8) is 0 Å². The molecular formula is C16H20FN5O. The van der Waals surface area contributed by atoms with Crippen molar-refractivity contribution in [2.75, 3.05) is 37.8 Å². The monoisotopic (exact) mass is 317 g/mol. The minimum absolute atomic E-state index is 0.222. The quantitative estimate of drug-likeness (QED) is 0.766. The molecular weight excluding hydrogens is 297 g/mol. The number of rotatable bonds is 7.